The Bertz CT molecular complexity index is 535. The molecule has 0 spiro atoms. The van der Waals surface area contributed by atoms with Crippen LogP contribution in [0.3, 0.4) is 0 Å². The second-order valence-electron chi connectivity index (χ2n) is 3.11. The number of rotatable bonds is 1. The second kappa shape index (κ2) is 3.64. The van der Waals surface area contributed by atoms with E-state index in [1.54, 1.807) is 0 Å². The fourth-order valence-corrected chi connectivity index (χ4v) is 1.55. The van der Waals surface area contributed by atoms with Gasteiger partial charge in [0.15, 0.2) is 5.58 Å². The molecule has 0 amide bonds. The van der Waals surface area contributed by atoms with Crippen LogP contribution < -0.4 is 5.73 Å². The van der Waals surface area contributed by atoms with Crippen molar-refractivity contribution in [1.29, 1.82) is 0 Å². The van der Waals surface area contributed by atoms with Crippen molar-refractivity contribution in [2.75, 3.05) is 0 Å². The molecule has 2 rings (SSSR count). The molecule has 0 aliphatic carbocycles. The number of nitrogens with two attached hydrogens (primary N) is 1. The molecule has 0 fully saturated rings. The lowest BCUT2D eigenvalue weighted by Gasteiger charge is -2.06. The zero-order valence-electron chi connectivity index (χ0n) is 7.81. The van der Waals surface area contributed by atoms with Crippen LogP contribution in [0.1, 0.15) is 11.5 Å². The predicted octanol–water partition coefficient (Wildman–Crippen LogP) is 2.96. The van der Waals surface area contributed by atoms with E-state index >= 15 is 0 Å². The standard InChI is InChI=1S/C9H6ClF3N2O/c10-4-1-5(9(11,12)13)8-6(2-4)15-7(3-14)16-8/h1-2H,3,14H2. The summed E-state index contributed by atoms with van der Waals surface area (Å²) in [6, 6.07) is 2.10. The van der Waals surface area contributed by atoms with Crippen molar-refractivity contribution in [3.8, 4) is 0 Å². The number of nitrogens with zero attached hydrogens (tertiary/aromatic N) is 1. The van der Waals surface area contributed by atoms with E-state index in [1.807, 2.05) is 0 Å². The van der Waals surface area contributed by atoms with E-state index in [9.17, 15) is 13.2 Å². The topological polar surface area (TPSA) is 52.0 Å². The lowest BCUT2D eigenvalue weighted by molar-refractivity contribution is -0.136. The Labute approximate surface area is 93.0 Å². The Morgan fingerprint density at radius 3 is 2.62 bits per heavy atom. The van der Waals surface area contributed by atoms with E-state index in [2.05, 4.69) is 4.98 Å². The van der Waals surface area contributed by atoms with Crippen LogP contribution in [0.4, 0.5) is 13.2 Å². The van der Waals surface area contributed by atoms with Crippen LogP contribution in [0.15, 0.2) is 16.5 Å². The number of oxazole rings is 1. The highest BCUT2D eigenvalue weighted by molar-refractivity contribution is 6.31. The highest BCUT2D eigenvalue weighted by atomic mass is 35.5. The average molecular weight is 251 g/mol. The lowest BCUT2D eigenvalue weighted by atomic mass is 10.2. The number of hydrogen-bond acceptors (Lipinski definition) is 3. The minimum absolute atomic E-state index is 0.0442. The molecule has 1 aromatic carbocycles. The minimum Gasteiger partial charge on any atom is -0.439 e. The zero-order valence-corrected chi connectivity index (χ0v) is 8.56. The van der Waals surface area contributed by atoms with Gasteiger partial charge < -0.3 is 10.2 Å². The molecule has 0 atom stereocenters. The summed E-state index contributed by atoms with van der Waals surface area (Å²) in [6.45, 7) is -0.0659. The maximum Gasteiger partial charge on any atom is 0.420 e. The third kappa shape index (κ3) is 1.85. The summed E-state index contributed by atoms with van der Waals surface area (Å²) in [7, 11) is 0. The number of hydrogen-bond donors (Lipinski definition) is 1. The maximum absolute atomic E-state index is 12.6. The summed E-state index contributed by atoms with van der Waals surface area (Å²) in [5.41, 5.74) is 4.02. The van der Waals surface area contributed by atoms with Gasteiger partial charge in [-0.2, -0.15) is 13.2 Å². The van der Waals surface area contributed by atoms with Crippen molar-refractivity contribution >= 4 is 22.7 Å². The van der Waals surface area contributed by atoms with Crippen LogP contribution in [0.2, 0.25) is 5.02 Å². The van der Waals surface area contributed by atoms with Gasteiger partial charge in [0.2, 0.25) is 5.89 Å². The van der Waals surface area contributed by atoms with Crippen LogP contribution in [0, 0.1) is 0 Å². The van der Waals surface area contributed by atoms with Crippen LogP contribution >= 0.6 is 11.6 Å². The molecule has 0 aliphatic heterocycles. The number of halogens is 4. The molecular weight excluding hydrogens is 245 g/mol. The summed E-state index contributed by atoms with van der Waals surface area (Å²) in [5.74, 6) is 0.0442. The first-order valence-corrected chi connectivity index (χ1v) is 4.66. The first kappa shape index (κ1) is 11.2. The third-order valence-electron chi connectivity index (χ3n) is 1.98. The maximum atomic E-state index is 12.6. The molecule has 2 N–H and O–H groups in total. The molecule has 16 heavy (non-hydrogen) atoms. The summed E-state index contributed by atoms with van der Waals surface area (Å²) in [5, 5.41) is -0.0447. The van der Waals surface area contributed by atoms with Crippen molar-refractivity contribution in [3.05, 3.63) is 28.6 Å². The van der Waals surface area contributed by atoms with Gasteiger partial charge in [0, 0.05) is 5.02 Å². The Hall–Kier alpha value is -1.27. The smallest absolute Gasteiger partial charge is 0.420 e. The Morgan fingerprint density at radius 1 is 1.38 bits per heavy atom. The highest BCUT2D eigenvalue weighted by Gasteiger charge is 2.35. The van der Waals surface area contributed by atoms with E-state index in [0.717, 1.165) is 6.07 Å². The second-order valence-corrected chi connectivity index (χ2v) is 3.55. The van der Waals surface area contributed by atoms with Gasteiger partial charge in [0.1, 0.15) is 11.1 Å². The molecule has 3 nitrogen and oxygen atoms in total. The molecule has 1 heterocycles. The van der Waals surface area contributed by atoms with Crippen LogP contribution in [-0.4, -0.2) is 4.98 Å². The number of fused-ring (bicyclic) bond motifs is 1. The molecule has 0 unspecified atom stereocenters. The number of alkyl halides is 3. The molecule has 2 aromatic rings. The monoisotopic (exact) mass is 250 g/mol. The third-order valence-corrected chi connectivity index (χ3v) is 2.20. The molecule has 7 heteroatoms. The number of benzene rings is 1. The summed E-state index contributed by atoms with van der Waals surface area (Å²) in [4.78, 5) is 3.79. The summed E-state index contributed by atoms with van der Waals surface area (Å²) < 4.78 is 42.8. The van der Waals surface area contributed by atoms with Gasteiger partial charge in [0.25, 0.3) is 0 Å². The van der Waals surface area contributed by atoms with Crippen molar-refractivity contribution in [2.45, 2.75) is 12.7 Å². The zero-order chi connectivity index (χ0) is 11.9. The van der Waals surface area contributed by atoms with Gasteiger partial charge in [0.05, 0.1) is 6.54 Å². The van der Waals surface area contributed by atoms with Crippen LogP contribution in [0.5, 0.6) is 0 Å². The average Bonchev–Trinajstić information content (AvgIpc) is 2.57. The van der Waals surface area contributed by atoms with Gasteiger partial charge in [-0.25, -0.2) is 4.98 Å². The lowest BCUT2D eigenvalue weighted by Crippen LogP contribution is -2.05. The van der Waals surface area contributed by atoms with Gasteiger partial charge in [-0.05, 0) is 12.1 Å². The minimum atomic E-state index is -4.53. The van der Waals surface area contributed by atoms with Gasteiger partial charge in [-0.3, -0.25) is 0 Å². The van der Waals surface area contributed by atoms with Gasteiger partial charge >= 0.3 is 6.18 Å². The van der Waals surface area contributed by atoms with Crippen LogP contribution in [-0.2, 0) is 12.7 Å². The SMILES string of the molecule is NCc1nc2cc(Cl)cc(C(F)(F)F)c2o1. The Kier molecular flexibility index (Phi) is 2.55. The van der Waals surface area contributed by atoms with Crippen molar-refractivity contribution in [2.24, 2.45) is 5.73 Å². The first-order chi connectivity index (χ1) is 7.41. The largest absolute Gasteiger partial charge is 0.439 e. The van der Waals surface area contributed by atoms with E-state index < -0.39 is 11.7 Å². The van der Waals surface area contributed by atoms with Crippen molar-refractivity contribution in [3.63, 3.8) is 0 Å². The molecule has 86 valence electrons. The molecule has 0 saturated heterocycles. The van der Waals surface area contributed by atoms with E-state index in [1.165, 1.54) is 6.07 Å². The fourth-order valence-electron chi connectivity index (χ4n) is 1.34. The molecular formula is C9H6ClF3N2O. The molecule has 1 aromatic heterocycles. The van der Waals surface area contributed by atoms with Crippen LogP contribution in [0.25, 0.3) is 11.1 Å². The summed E-state index contributed by atoms with van der Waals surface area (Å²) >= 11 is 5.57. The van der Waals surface area contributed by atoms with E-state index in [0.29, 0.717) is 0 Å². The molecule has 0 bridgehead atoms. The summed E-state index contributed by atoms with van der Waals surface area (Å²) in [6.07, 6.45) is -4.53. The quantitative estimate of drug-likeness (QED) is 0.847. The highest BCUT2D eigenvalue weighted by Crippen LogP contribution is 2.37. The normalized spacial score (nSPS) is 12.3. The Balaban J connectivity index is 2.76. The predicted molar refractivity (Wildman–Crippen MR) is 51.9 cm³/mol. The fraction of sp³-hybridized carbons (Fsp3) is 0.222. The van der Waals surface area contributed by atoms with E-state index in [4.69, 9.17) is 21.8 Å². The van der Waals surface area contributed by atoms with Gasteiger partial charge in [-0.15, -0.1) is 0 Å². The first-order valence-electron chi connectivity index (χ1n) is 4.28. The van der Waals surface area contributed by atoms with E-state index in [-0.39, 0.29) is 28.6 Å². The van der Waals surface area contributed by atoms with Crippen molar-refractivity contribution < 1.29 is 17.6 Å². The number of aromatic nitrogens is 1. The molecule has 0 aliphatic rings. The Morgan fingerprint density at radius 2 is 2.06 bits per heavy atom. The van der Waals surface area contributed by atoms with Gasteiger partial charge in [-0.1, -0.05) is 11.6 Å². The molecule has 0 saturated carbocycles. The van der Waals surface area contributed by atoms with Crippen molar-refractivity contribution in [1.82, 2.24) is 4.98 Å². The molecule has 0 radical (unpaired) electrons.